The molecule has 0 heterocycles. The summed E-state index contributed by atoms with van der Waals surface area (Å²) in [5.41, 5.74) is 0. The summed E-state index contributed by atoms with van der Waals surface area (Å²) in [7, 11) is 1.77. The van der Waals surface area contributed by atoms with Crippen molar-refractivity contribution >= 4 is 11.6 Å². The van der Waals surface area contributed by atoms with Gasteiger partial charge in [0.25, 0.3) is 0 Å². The zero-order valence-electron chi connectivity index (χ0n) is 7.59. The molecule has 1 saturated carbocycles. The molecule has 0 aromatic carbocycles. The first-order chi connectivity index (χ1) is 5.86. The van der Waals surface area contributed by atoms with Gasteiger partial charge in [-0.15, -0.1) is 11.6 Å². The first kappa shape index (κ1) is 10.3. The maximum atomic E-state index is 5.55. The number of rotatable bonds is 4. The van der Waals surface area contributed by atoms with Gasteiger partial charge in [-0.25, -0.2) is 0 Å². The third kappa shape index (κ3) is 3.30. The molecule has 2 nitrogen and oxygen atoms in total. The van der Waals surface area contributed by atoms with E-state index in [4.69, 9.17) is 21.1 Å². The zero-order chi connectivity index (χ0) is 8.81. The van der Waals surface area contributed by atoms with Crippen LogP contribution in [-0.2, 0) is 9.47 Å². The van der Waals surface area contributed by atoms with Crippen LogP contribution in [0.3, 0.4) is 0 Å². The Balaban J connectivity index is 2.16. The van der Waals surface area contributed by atoms with Crippen molar-refractivity contribution in [2.75, 3.05) is 19.6 Å². The standard InChI is InChI=1S/C9H17ClO2/c1-11-8-3-2-4-9(7-8)12-6-5-10/h8-9H,2-7H2,1H3. The highest BCUT2D eigenvalue weighted by Gasteiger charge is 2.21. The third-order valence-corrected chi connectivity index (χ3v) is 2.50. The largest absolute Gasteiger partial charge is 0.381 e. The van der Waals surface area contributed by atoms with Crippen LogP contribution in [0.2, 0.25) is 0 Å². The van der Waals surface area contributed by atoms with Gasteiger partial charge >= 0.3 is 0 Å². The molecule has 0 aromatic heterocycles. The number of hydrogen-bond acceptors (Lipinski definition) is 2. The fourth-order valence-corrected chi connectivity index (χ4v) is 1.77. The molecule has 72 valence electrons. The Morgan fingerprint density at radius 2 is 2.08 bits per heavy atom. The average molecular weight is 193 g/mol. The number of methoxy groups -OCH3 is 1. The zero-order valence-corrected chi connectivity index (χ0v) is 8.35. The van der Waals surface area contributed by atoms with E-state index < -0.39 is 0 Å². The second-order valence-corrected chi connectivity index (χ2v) is 3.58. The van der Waals surface area contributed by atoms with Crippen molar-refractivity contribution in [2.24, 2.45) is 0 Å². The molecule has 0 aliphatic heterocycles. The summed E-state index contributed by atoms with van der Waals surface area (Å²) in [6.45, 7) is 0.669. The van der Waals surface area contributed by atoms with E-state index in [1.165, 1.54) is 12.8 Å². The van der Waals surface area contributed by atoms with Crippen LogP contribution in [-0.4, -0.2) is 31.8 Å². The number of ether oxygens (including phenoxy) is 2. The van der Waals surface area contributed by atoms with Crippen molar-refractivity contribution in [3.63, 3.8) is 0 Å². The topological polar surface area (TPSA) is 18.5 Å². The normalized spacial score (nSPS) is 30.5. The van der Waals surface area contributed by atoms with E-state index in [-0.39, 0.29) is 0 Å². The maximum Gasteiger partial charge on any atom is 0.0605 e. The van der Waals surface area contributed by atoms with Gasteiger partial charge in [-0.2, -0.15) is 0 Å². The van der Waals surface area contributed by atoms with Gasteiger partial charge in [-0.3, -0.25) is 0 Å². The van der Waals surface area contributed by atoms with Gasteiger partial charge < -0.3 is 9.47 Å². The van der Waals surface area contributed by atoms with E-state index in [0.717, 1.165) is 12.8 Å². The smallest absolute Gasteiger partial charge is 0.0605 e. The Bertz CT molecular complexity index is 119. The number of alkyl halides is 1. The predicted molar refractivity (Wildman–Crippen MR) is 49.7 cm³/mol. The van der Waals surface area contributed by atoms with Gasteiger partial charge in [-0.05, 0) is 25.7 Å². The molecule has 0 aromatic rings. The minimum Gasteiger partial charge on any atom is -0.381 e. The van der Waals surface area contributed by atoms with Crippen LogP contribution in [0.5, 0.6) is 0 Å². The first-order valence-electron chi connectivity index (χ1n) is 4.57. The molecule has 1 fully saturated rings. The molecule has 3 heteroatoms. The minimum atomic E-state index is 0.377. The highest BCUT2D eigenvalue weighted by Crippen LogP contribution is 2.22. The Kier molecular flexibility index (Phi) is 4.96. The molecule has 1 rings (SSSR count). The van der Waals surface area contributed by atoms with Gasteiger partial charge in [0.1, 0.15) is 0 Å². The highest BCUT2D eigenvalue weighted by molar-refractivity contribution is 6.17. The molecule has 0 saturated heterocycles. The Labute approximate surface area is 79.2 Å². The second-order valence-electron chi connectivity index (χ2n) is 3.21. The molecular weight excluding hydrogens is 176 g/mol. The van der Waals surface area contributed by atoms with Crippen LogP contribution in [0.1, 0.15) is 25.7 Å². The minimum absolute atomic E-state index is 0.377. The van der Waals surface area contributed by atoms with E-state index in [0.29, 0.717) is 24.7 Å². The molecule has 1 aliphatic carbocycles. The lowest BCUT2D eigenvalue weighted by Crippen LogP contribution is -2.27. The summed E-state index contributed by atoms with van der Waals surface area (Å²) in [5, 5.41) is 0. The highest BCUT2D eigenvalue weighted by atomic mass is 35.5. The molecular formula is C9H17ClO2. The summed E-state index contributed by atoms with van der Waals surface area (Å²) < 4.78 is 10.8. The molecule has 2 unspecified atom stereocenters. The summed E-state index contributed by atoms with van der Waals surface area (Å²) >= 11 is 5.53. The van der Waals surface area contributed by atoms with Crippen molar-refractivity contribution in [3.05, 3.63) is 0 Å². The van der Waals surface area contributed by atoms with Gasteiger partial charge in [0.05, 0.1) is 18.8 Å². The van der Waals surface area contributed by atoms with E-state index in [1.807, 2.05) is 0 Å². The van der Waals surface area contributed by atoms with Crippen molar-refractivity contribution in [2.45, 2.75) is 37.9 Å². The van der Waals surface area contributed by atoms with Crippen LogP contribution < -0.4 is 0 Å². The fourth-order valence-electron chi connectivity index (χ4n) is 1.68. The second kappa shape index (κ2) is 5.79. The van der Waals surface area contributed by atoms with E-state index >= 15 is 0 Å². The third-order valence-electron chi connectivity index (χ3n) is 2.34. The monoisotopic (exact) mass is 192 g/mol. The lowest BCUT2D eigenvalue weighted by molar-refractivity contribution is -0.0245. The molecule has 0 N–H and O–H groups in total. The maximum absolute atomic E-state index is 5.55. The summed E-state index contributed by atoms with van der Waals surface area (Å²) in [4.78, 5) is 0. The Morgan fingerprint density at radius 3 is 2.75 bits per heavy atom. The van der Waals surface area contributed by atoms with Crippen LogP contribution >= 0.6 is 11.6 Å². The van der Waals surface area contributed by atoms with Crippen LogP contribution in [0, 0.1) is 0 Å². The van der Waals surface area contributed by atoms with E-state index in [1.54, 1.807) is 7.11 Å². The van der Waals surface area contributed by atoms with Gasteiger partial charge in [0.15, 0.2) is 0 Å². The molecule has 0 amide bonds. The SMILES string of the molecule is COC1CCCC(OCCCl)C1. The average Bonchev–Trinajstić information content (AvgIpc) is 2.15. The molecule has 0 bridgehead atoms. The molecule has 0 spiro atoms. The summed E-state index contributed by atoms with van der Waals surface area (Å²) in [5.74, 6) is 0.591. The van der Waals surface area contributed by atoms with Gasteiger partial charge in [0.2, 0.25) is 0 Å². The Morgan fingerprint density at radius 1 is 1.33 bits per heavy atom. The first-order valence-corrected chi connectivity index (χ1v) is 5.10. The van der Waals surface area contributed by atoms with E-state index in [9.17, 15) is 0 Å². The van der Waals surface area contributed by atoms with Crippen LogP contribution in [0.15, 0.2) is 0 Å². The van der Waals surface area contributed by atoms with Gasteiger partial charge in [0, 0.05) is 13.0 Å². The lowest BCUT2D eigenvalue weighted by atomic mass is 9.95. The Hall–Kier alpha value is 0.210. The summed E-state index contributed by atoms with van der Waals surface area (Å²) in [6.07, 6.45) is 5.37. The van der Waals surface area contributed by atoms with Gasteiger partial charge in [-0.1, -0.05) is 0 Å². The van der Waals surface area contributed by atoms with E-state index in [2.05, 4.69) is 0 Å². The number of halogens is 1. The molecule has 2 atom stereocenters. The van der Waals surface area contributed by atoms with Crippen LogP contribution in [0.4, 0.5) is 0 Å². The van der Waals surface area contributed by atoms with Crippen molar-refractivity contribution in [1.82, 2.24) is 0 Å². The molecule has 12 heavy (non-hydrogen) atoms. The van der Waals surface area contributed by atoms with Crippen molar-refractivity contribution in [3.8, 4) is 0 Å². The predicted octanol–water partition coefficient (Wildman–Crippen LogP) is 2.20. The fraction of sp³-hybridized carbons (Fsp3) is 1.00. The quantitative estimate of drug-likeness (QED) is 0.636. The van der Waals surface area contributed by atoms with Crippen molar-refractivity contribution < 1.29 is 9.47 Å². The van der Waals surface area contributed by atoms with Crippen molar-refractivity contribution in [1.29, 1.82) is 0 Å². The number of hydrogen-bond donors (Lipinski definition) is 0. The summed E-state index contributed by atoms with van der Waals surface area (Å²) in [6, 6.07) is 0. The lowest BCUT2D eigenvalue weighted by Gasteiger charge is -2.27. The molecule has 1 aliphatic rings. The van der Waals surface area contributed by atoms with Crippen LogP contribution in [0.25, 0.3) is 0 Å². The molecule has 0 radical (unpaired) electrons.